The van der Waals surface area contributed by atoms with Crippen LogP contribution in [0, 0.1) is 0 Å². The highest BCUT2D eigenvalue weighted by molar-refractivity contribution is 5.97. The number of alkyl halides is 3. The van der Waals surface area contributed by atoms with Gasteiger partial charge in [0.1, 0.15) is 0 Å². The van der Waals surface area contributed by atoms with Crippen LogP contribution < -0.4 is 11.1 Å². The van der Waals surface area contributed by atoms with E-state index in [0.717, 1.165) is 4.57 Å². The normalized spacial score (nSPS) is 11.9. The molecule has 26 heavy (non-hydrogen) atoms. The monoisotopic (exact) mass is 414 g/mol. The summed E-state index contributed by atoms with van der Waals surface area (Å²) in [7, 11) is 0. The van der Waals surface area contributed by atoms with E-state index in [1.165, 1.54) is 18.2 Å². The van der Waals surface area contributed by atoms with E-state index in [-0.39, 0.29) is 42.4 Å². The summed E-state index contributed by atoms with van der Waals surface area (Å²) in [5.74, 6) is -1.37. The molecular weight excluding hydrogens is 392 g/mol. The van der Waals surface area contributed by atoms with Gasteiger partial charge in [-0.25, -0.2) is 4.98 Å². The zero-order valence-electron chi connectivity index (χ0n) is 14.8. The van der Waals surface area contributed by atoms with Gasteiger partial charge in [-0.05, 0) is 45.9 Å². The molecule has 1 aromatic carbocycles. The SMILES string of the molecule is CC(C)n1c(C(F)(F)F)nc2cc(C(=O)NC(C)(C)CN)ccc21.Cl.Cl. The summed E-state index contributed by atoms with van der Waals surface area (Å²) in [6.45, 7) is 7.07. The van der Waals surface area contributed by atoms with Gasteiger partial charge >= 0.3 is 6.18 Å². The fraction of sp³-hybridized carbons (Fsp3) is 0.500. The maximum atomic E-state index is 13.2. The summed E-state index contributed by atoms with van der Waals surface area (Å²) in [5, 5.41) is 2.74. The molecule has 1 heterocycles. The Morgan fingerprint density at radius 3 is 2.31 bits per heavy atom. The van der Waals surface area contributed by atoms with Crippen molar-refractivity contribution in [3.05, 3.63) is 29.6 Å². The average Bonchev–Trinajstić information content (AvgIpc) is 2.85. The van der Waals surface area contributed by atoms with Gasteiger partial charge in [0.2, 0.25) is 5.82 Å². The molecule has 2 aromatic rings. The van der Waals surface area contributed by atoms with Gasteiger partial charge in [-0.2, -0.15) is 13.2 Å². The molecular formula is C16H23Cl2F3N4O. The molecule has 1 amide bonds. The van der Waals surface area contributed by atoms with Crippen LogP contribution >= 0.6 is 24.8 Å². The molecule has 0 spiro atoms. The van der Waals surface area contributed by atoms with Crippen molar-refractivity contribution in [1.82, 2.24) is 14.9 Å². The lowest BCUT2D eigenvalue weighted by Gasteiger charge is -2.24. The van der Waals surface area contributed by atoms with Gasteiger partial charge < -0.3 is 15.6 Å². The first-order chi connectivity index (χ1) is 11.0. The first kappa shape index (κ1) is 24.5. The van der Waals surface area contributed by atoms with E-state index in [1.54, 1.807) is 27.7 Å². The molecule has 0 aliphatic rings. The number of amides is 1. The number of nitrogens with one attached hydrogen (secondary N) is 1. The molecule has 3 N–H and O–H groups in total. The summed E-state index contributed by atoms with van der Waals surface area (Å²) in [6.07, 6.45) is -4.56. The highest BCUT2D eigenvalue weighted by Crippen LogP contribution is 2.33. The fourth-order valence-electron chi connectivity index (χ4n) is 2.39. The number of carbonyl (C=O) groups excluding carboxylic acids is 1. The molecule has 1 aromatic heterocycles. The number of hydrogen-bond acceptors (Lipinski definition) is 3. The van der Waals surface area contributed by atoms with E-state index in [2.05, 4.69) is 10.3 Å². The van der Waals surface area contributed by atoms with Crippen molar-refractivity contribution in [2.24, 2.45) is 5.73 Å². The molecule has 10 heteroatoms. The lowest BCUT2D eigenvalue weighted by atomic mass is 10.1. The maximum absolute atomic E-state index is 13.2. The number of carbonyl (C=O) groups is 1. The van der Waals surface area contributed by atoms with Crippen molar-refractivity contribution in [2.45, 2.75) is 45.5 Å². The first-order valence-electron chi connectivity index (χ1n) is 7.58. The zero-order valence-corrected chi connectivity index (χ0v) is 16.5. The first-order valence-corrected chi connectivity index (χ1v) is 7.58. The predicted octanol–water partition coefficient (Wildman–Crippen LogP) is 3.95. The number of aromatic nitrogens is 2. The van der Waals surface area contributed by atoms with Crippen LogP contribution in [-0.2, 0) is 6.18 Å². The van der Waals surface area contributed by atoms with Gasteiger partial charge in [0, 0.05) is 23.7 Å². The molecule has 0 saturated carbocycles. The standard InChI is InChI=1S/C16H21F3N4O.2ClH/c1-9(2)23-12-6-5-10(13(24)22-15(3,4)8-20)7-11(12)21-14(23)16(17,18)19;;/h5-7,9H,8,20H2,1-4H3,(H,22,24);2*1H. The average molecular weight is 415 g/mol. The Bertz CT molecular complexity index is 773. The minimum absolute atomic E-state index is 0. The molecule has 0 bridgehead atoms. The van der Waals surface area contributed by atoms with Crippen molar-refractivity contribution in [3.8, 4) is 0 Å². The topological polar surface area (TPSA) is 72.9 Å². The second-order valence-corrected chi connectivity index (χ2v) is 6.64. The summed E-state index contributed by atoms with van der Waals surface area (Å²) in [5.41, 5.74) is 5.68. The van der Waals surface area contributed by atoms with E-state index in [1.807, 2.05) is 0 Å². The van der Waals surface area contributed by atoms with Gasteiger partial charge in [0.05, 0.1) is 11.0 Å². The highest BCUT2D eigenvalue weighted by atomic mass is 35.5. The molecule has 0 atom stereocenters. The third kappa shape index (κ3) is 5.02. The van der Waals surface area contributed by atoms with Crippen LogP contribution in [0.15, 0.2) is 18.2 Å². The number of imidazole rings is 1. The van der Waals surface area contributed by atoms with Gasteiger partial charge in [-0.15, -0.1) is 24.8 Å². The Hall–Kier alpha value is -1.51. The third-order valence-electron chi connectivity index (χ3n) is 3.68. The molecule has 0 radical (unpaired) electrons. The maximum Gasteiger partial charge on any atom is 0.449 e. The van der Waals surface area contributed by atoms with Crippen LogP contribution in [0.3, 0.4) is 0 Å². The van der Waals surface area contributed by atoms with Crippen LogP contribution in [0.5, 0.6) is 0 Å². The molecule has 0 aliphatic carbocycles. The molecule has 0 fully saturated rings. The number of rotatable bonds is 4. The van der Waals surface area contributed by atoms with Crippen LogP contribution in [0.25, 0.3) is 11.0 Å². The number of nitrogens with zero attached hydrogens (tertiary/aromatic N) is 2. The second kappa shape index (κ2) is 8.45. The summed E-state index contributed by atoms with van der Waals surface area (Å²) < 4.78 is 40.7. The number of halogens is 5. The Balaban J connectivity index is 0.00000312. The van der Waals surface area contributed by atoms with E-state index < -0.39 is 29.5 Å². The van der Waals surface area contributed by atoms with Crippen molar-refractivity contribution >= 4 is 41.8 Å². The van der Waals surface area contributed by atoms with Gasteiger partial charge in [0.15, 0.2) is 0 Å². The fourth-order valence-corrected chi connectivity index (χ4v) is 2.39. The van der Waals surface area contributed by atoms with Crippen LogP contribution in [0.1, 0.15) is 49.9 Å². The third-order valence-corrected chi connectivity index (χ3v) is 3.68. The zero-order chi connectivity index (χ0) is 18.3. The van der Waals surface area contributed by atoms with Crippen LogP contribution in [0.2, 0.25) is 0 Å². The largest absolute Gasteiger partial charge is 0.449 e. The lowest BCUT2D eigenvalue weighted by molar-refractivity contribution is -0.147. The lowest BCUT2D eigenvalue weighted by Crippen LogP contribution is -2.48. The van der Waals surface area contributed by atoms with E-state index in [9.17, 15) is 18.0 Å². The Labute approximate surface area is 162 Å². The van der Waals surface area contributed by atoms with Crippen molar-refractivity contribution in [2.75, 3.05) is 6.54 Å². The smallest absolute Gasteiger partial charge is 0.346 e. The number of benzene rings is 1. The highest BCUT2D eigenvalue weighted by Gasteiger charge is 2.38. The number of nitrogens with two attached hydrogens (primary N) is 1. The summed E-state index contributed by atoms with van der Waals surface area (Å²) in [4.78, 5) is 16.0. The molecule has 5 nitrogen and oxygen atoms in total. The Kier molecular flexibility index (Phi) is 7.96. The van der Waals surface area contributed by atoms with Crippen molar-refractivity contribution in [3.63, 3.8) is 0 Å². The van der Waals surface area contributed by atoms with E-state index >= 15 is 0 Å². The molecule has 148 valence electrons. The van der Waals surface area contributed by atoms with Gasteiger partial charge in [-0.3, -0.25) is 4.79 Å². The molecule has 0 aliphatic heterocycles. The molecule has 2 rings (SSSR count). The minimum Gasteiger partial charge on any atom is -0.346 e. The van der Waals surface area contributed by atoms with E-state index in [0.29, 0.717) is 5.52 Å². The molecule has 0 unspecified atom stereocenters. The minimum atomic E-state index is -4.56. The van der Waals surface area contributed by atoms with Crippen LogP contribution in [0.4, 0.5) is 13.2 Å². The van der Waals surface area contributed by atoms with E-state index in [4.69, 9.17) is 5.73 Å². The van der Waals surface area contributed by atoms with Crippen LogP contribution in [-0.4, -0.2) is 27.5 Å². The summed E-state index contributed by atoms with van der Waals surface area (Å²) in [6, 6.07) is 3.93. The molecule has 0 saturated heterocycles. The quantitative estimate of drug-likeness (QED) is 0.795. The van der Waals surface area contributed by atoms with Crippen molar-refractivity contribution in [1.29, 1.82) is 0 Å². The summed E-state index contributed by atoms with van der Waals surface area (Å²) >= 11 is 0. The predicted molar refractivity (Wildman–Crippen MR) is 100 cm³/mol. The second-order valence-electron chi connectivity index (χ2n) is 6.64. The van der Waals surface area contributed by atoms with Gasteiger partial charge in [0.25, 0.3) is 5.91 Å². The number of fused-ring (bicyclic) bond motifs is 1. The Morgan fingerprint density at radius 1 is 1.27 bits per heavy atom. The van der Waals surface area contributed by atoms with Crippen molar-refractivity contribution < 1.29 is 18.0 Å². The van der Waals surface area contributed by atoms with Gasteiger partial charge in [-0.1, -0.05) is 0 Å². The Morgan fingerprint density at radius 2 is 1.85 bits per heavy atom. The number of hydrogen-bond donors (Lipinski definition) is 2.